The van der Waals surface area contributed by atoms with E-state index >= 15 is 0 Å². The predicted molar refractivity (Wildman–Crippen MR) is 110 cm³/mol. The first-order valence-electron chi connectivity index (χ1n) is 9.43. The maximum Gasteiger partial charge on any atom is 0.318 e. The molecule has 0 fully saturated rings. The van der Waals surface area contributed by atoms with Crippen LogP contribution in [0.25, 0.3) is 10.9 Å². The summed E-state index contributed by atoms with van der Waals surface area (Å²) in [6.45, 7) is 1.55. The van der Waals surface area contributed by atoms with Crippen molar-refractivity contribution in [3.05, 3.63) is 96.1 Å². The van der Waals surface area contributed by atoms with Gasteiger partial charge in [0, 0.05) is 24.8 Å². The monoisotopic (exact) mass is 373 g/mol. The van der Waals surface area contributed by atoms with E-state index in [4.69, 9.17) is 4.42 Å². The fourth-order valence-corrected chi connectivity index (χ4v) is 3.28. The van der Waals surface area contributed by atoms with Crippen LogP contribution in [0.1, 0.15) is 16.9 Å². The van der Waals surface area contributed by atoms with Gasteiger partial charge >= 0.3 is 6.03 Å². The van der Waals surface area contributed by atoms with E-state index in [-0.39, 0.29) is 6.03 Å². The van der Waals surface area contributed by atoms with Crippen LogP contribution in [-0.4, -0.2) is 22.5 Å². The van der Waals surface area contributed by atoms with Crippen molar-refractivity contribution < 1.29 is 9.21 Å². The van der Waals surface area contributed by atoms with Crippen LogP contribution in [0, 0.1) is 0 Å². The molecule has 28 heavy (non-hydrogen) atoms. The lowest BCUT2D eigenvalue weighted by atomic mass is 10.1. The number of furan rings is 1. The minimum atomic E-state index is -0.0945. The Morgan fingerprint density at radius 3 is 2.68 bits per heavy atom. The molecular weight excluding hydrogens is 350 g/mol. The molecule has 5 heteroatoms. The number of fused-ring (bicyclic) bond motifs is 1. The van der Waals surface area contributed by atoms with Crippen molar-refractivity contribution in [3.63, 3.8) is 0 Å². The van der Waals surface area contributed by atoms with Crippen LogP contribution in [-0.2, 0) is 19.5 Å². The lowest BCUT2D eigenvalue weighted by Gasteiger charge is -2.22. The van der Waals surface area contributed by atoms with Crippen molar-refractivity contribution in [2.45, 2.75) is 19.5 Å². The summed E-state index contributed by atoms with van der Waals surface area (Å²) in [6.07, 6.45) is 4.35. The summed E-state index contributed by atoms with van der Waals surface area (Å²) < 4.78 is 5.43. The quantitative estimate of drug-likeness (QED) is 0.493. The van der Waals surface area contributed by atoms with Crippen molar-refractivity contribution in [1.82, 2.24) is 15.2 Å². The van der Waals surface area contributed by atoms with Gasteiger partial charge in [-0.15, -0.1) is 0 Å². The molecule has 0 atom stereocenters. The zero-order valence-corrected chi connectivity index (χ0v) is 15.6. The number of aromatic nitrogens is 1. The third-order valence-corrected chi connectivity index (χ3v) is 4.74. The smallest absolute Gasteiger partial charge is 0.318 e. The molecule has 5 nitrogen and oxygen atoms in total. The number of carbonyl (C=O) groups is 1. The first kappa shape index (κ1) is 17.9. The highest BCUT2D eigenvalue weighted by atomic mass is 16.3. The average molecular weight is 373 g/mol. The molecule has 4 aromatic rings. The van der Waals surface area contributed by atoms with Crippen molar-refractivity contribution in [3.8, 4) is 0 Å². The fraction of sp³-hybridized carbons (Fsp3) is 0.174. The molecule has 0 unspecified atom stereocenters. The Morgan fingerprint density at radius 1 is 0.964 bits per heavy atom. The van der Waals surface area contributed by atoms with E-state index in [1.165, 1.54) is 10.9 Å². The Labute approximate surface area is 164 Å². The molecule has 2 amide bonds. The Hall–Kier alpha value is -3.47. The lowest BCUT2D eigenvalue weighted by Crippen LogP contribution is -2.39. The molecule has 2 aromatic heterocycles. The number of benzene rings is 2. The molecule has 0 radical (unpaired) electrons. The van der Waals surface area contributed by atoms with Gasteiger partial charge in [-0.05, 0) is 53.3 Å². The molecule has 2 N–H and O–H groups in total. The second-order valence-corrected chi connectivity index (χ2v) is 6.80. The number of urea groups is 1. The van der Waals surface area contributed by atoms with Gasteiger partial charge in [0.05, 0.1) is 12.8 Å². The van der Waals surface area contributed by atoms with E-state index in [9.17, 15) is 4.79 Å². The third-order valence-electron chi connectivity index (χ3n) is 4.74. The summed E-state index contributed by atoms with van der Waals surface area (Å²) in [4.78, 5) is 17.8. The average Bonchev–Trinajstić information content (AvgIpc) is 3.39. The Morgan fingerprint density at radius 2 is 1.86 bits per heavy atom. The minimum Gasteiger partial charge on any atom is -0.467 e. The van der Waals surface area contributed by atoms with Crippen LogP contribution in [0.5, 0.6) is 0 Å². The van der Waals surface area contributed by atoms with E-state index in [0.29, 0.717) is 19.6 Å². The molecule has 0 saturated carbocycles. The number of amides is 2. The molecule has 0 aliphatic heterocycles. The normalized spacial score (nSPS) is 10.9. The predicted octanol–water partition coefficient (Wildman–Crippen LogP) is 4.72. The van der Waals surface area contributed by atoms with Crippen molar-refractivity contribution in [2.24, 2.45) is 0 Å². The topological polar surface area (TPSA) is 61.3 Å². The number of H-pyrrole nitrogens is 1. The first-order valence-corrected chi connectivity index (χ1v) is 9.43. The van der Waals surface area contributed by atoms with Gasteiger partial charge in [0.1, 0.15) is 5.76 Å². The second kappa shape index (κ2) is 8.48. The van der Waals surface area contributed by atoms with E-state index in [0.717, 1.165) is 23.3 Å². The Bertz CT molecular complexity index is 1020. The Kier molecular flexibility index (Phi) is 5.43. The molecule has 2 heterocycles. The van der Waals surface area contributed by atoms with Crippen LogP contribution in [0.3, 0.4) is 0 Å². The number of hydrogen-bond donors (Lipinski definition) is 2. The fourth-order valence-electron chi connectivity index (χ4n) is 3.28. The van der Waals surface area contributed by atoms with Gasteiger partial charge in [-0.25, -0.2) is 4.79 Å². The number of nitrogens with one attached hydrogen (secondary N) is 2. The summed E-state index contributed by atoms with van der Waals surface area (Å²) in [5, 5.41) is 4.23. The highest BCUT2D eigenvalue weighted by Gasteiger charge is 2.15. The summed E-state index contributed by atoms with van der Waals surface area (Å²) in [6, 6.07) is 22.0. The second-order valence-electron chi connectivity index (χ2n) is 6.80. The SMILES string of the molecule is O=C(NCCc1ccc2[nH]ccc2c1)N(Cc1ccccc1)Cc1ccco1. The van der Waals surface area contributed by atoms with E-state index in [1.54, 1.807) is 11.2 Å². The minimum absolute atomic E-state index is 0.0945. The van der Waals surface area contributed by atoms with Gasteiger partial charge in [0.25, 0.3) is 0 Å². The number of nitrogens with zero attached hydrogens (tertiary/aromatic N) is 1. The van der Waals surface area contributed by atoms with Gasteiger partial charge in [-0.1, -0.05) is 36.4 Å². The molecule has 0 spiro atoms. The Balaban J connectivity index is 1.38. The zero-order valence-electron chi connectivity index (χ0n) is 15.6. The maximum atomic E-state index is 12.8. The number of aromatic amines is 1. The van der Waals surface area contributed by atoms with E-state index in [1.807, 2.05) is 48.7 Å². The van der Waals surface area contributed by atoms with Gasteiger partial charge in [0.2, 0.25) is 0 Å². The van der Waals surface area contributed by atoms with Crippen LogP contribution < -0.4 is 5.32 Å². The molecule has 2 aromatic carbocycles. The van der Waals surface area contributed by atoms with E-state index < -0.39 is 0 Å². The number of hydrogen-bond acceptors (Lipinski definition) is 2. The van der Waals surface area contributed by atoms with Crippen LogP contribution in [0.15, 0.2) is 83.6 Å². The summed E-state index contributed by atoms with van der Waals surface area (Å²) >= 11 is 0. The molecule has 0 saturated heterocycles. The third kappa shape index (κ3) is 4.43. The summed E-state index contributed by atoms with van der Waals surface area (Å²) in [5.41, 5.74) is 3.41. The van der Waals surface area contributed by atoms with Gasteiger partial charge in [-0.3, -0.25) is 0 Å². The zero-order chi connectivity index (χ0) is 19.2. The van der Waals surface area contributed by atoms with Gasteiger partial charge in [-0.2, -0.15) is 0 Å². The van der Waals surface area contributed by atoms with Gasteiger partial charge in [0.15, 0.2) is 0 Å². The summed E-state index contributed by atoms with van der Waals surface area (Å²) in [7, 11) is 0. The molecule has 0 aliphatic carbocycles. The molecule has 0 bridgehead atoms. The maximum absolute atomic E-state index is 12.8. The standard InChI is InChI=1S/C23H23N3O2/c27-23(25-12-10-18-8-9-22-20(15-18)11-13-24-22)26(17-21-7-4-14-28-21)16-19-5-2-1-3-6-19/h1-9,11,13-15,24H,10,12,16-17H2,(H,25,27). The van der Waals surface area contributed by atoms with Gasteiger partial charge < -0.3 is 19.6 Å². The number of rotatable bonds is 7. The highest BCUT2D eigenvalue weighted by molar-refractivity contribution is 5.80. The van der Waals surface area contributed by atoms with Crippen LogP contribution in [0.4, 0.5) is 4.79 Å². The van der Waals surface area contributed by atoms with Crippen LogP contribution in [0.2, 0.25) is 0 Å². The molecule has 142 valence electrons. The lowest BCUT2D eigenvalue weighted by molar-refractivity contribution is 0.187. The largest absolute Gasteiger partial charge is 0.467 e. The number of carbonyl (C=O) groups excluding carboxylic acids is 1. The molecule has 0 aliphatic rings. The first-order chi connectivity index (χ1) is 13.8. The summed E-state index contributed by atoms with van der Waals surface area (Å²) in [5.74, 6) is 0.768. The van der Waals surface area contributed by atoms with E-state index in [2.05, 4.69) is 34.6 Å². The van der Waals surface area contributed by atoms with Crippen molar-refractivity contribution in [2.75, 3.05) is 6.54 Å². The van der Waals surface area contributed by atoms with Crippen molar-refractivity contribution in [1.29, 1.82) is 0 Å². The molecule has 4 rings (SSSR count). The highest BCUT2D eigenvalue weighted by Crippen LogP contribution is 2.15. The van der Waals surface area contributed by atoms with Crippen LogP contribution >= 0.6 is 0 Å². The molecular formula is C23H23N3O2. The van der Waals surface area contributed by atoms with Crippen molar-refractivity contribution >= 4 is 16.9 Å².